The minimum atomic E-state index is -3.64. The van der Waals surface area contributed by atoms with Gasteiger partial charge in [0.15, 0.2) is 0 Å². The molecule has 27 heavy (non-hydrogen) atoms. The Labute approximate surface area is 157 Å². The number of aromatic nitrogens is 2. The Kier molecular flexibility index (Phi) is 5.12. The van der Waals surface area contributed by atoms with Crippen molar-refractivity contribution in [1.29, 1.82) is 0 Å². The average molecular weight is 389 g/mol. The summed E-state index contributed by atoms with van der Waals surface area (Å²) < 4.78 is 46.0. The Morgan fingerprint density at radius 1 is 1.15 bits per heavy atom. The topological polar surface area (TPSA) is 76.3 Å². The van der Waals surface area contributed by atoms with Gasteiger partial charge >= 0.3 is 0 Å². The van der Waals surface area contributed by atoms with Crippen molar-refractivity contribution in [3.8, 4) is 22.8 Å². The van der Waals surface area contributed by atoms with E-state index in [1.807, 2.05) is 0 Å². The molecule has 0 spiro atoms. The van der Waals surface area contributed by atoms with E-state index in [9.17, 15) is 12.8 Å². The third kappa shape index (κ3) is 3.77. The van der Waals surface area contributed by atoms with Crippen LogP contribution in [0.5, 0.6) is 0 Å². The van der Waals surface area contributed by atoms with Gasteiger partial charge in [0.05, 0.1) is 10.5 Å². The molecule has 0 aliphatic carbocycles. The number of nitrogens with zero attached hydrogens (tertiary/aromatic N) is 3. The fourth-order valence-corrected chi connectivity index (χ4v) is 3.90. The van der Waals surface area contributed by atoms with Gasteiger partial charge in [0.1, 0.15) is 5.82 Å². The summed E-state index contributed by atoms with van der Waals surface area (Å²) in [6.07, 6.45) is 0. The Morgan fingerprint density at radius 2 is 1.89 bits per heavy atom. The molecule has 3 aromatic rings. The molecule has 0 aliphatic rings. The molecule has 2 aromatic carbocycles. The van der Waals surface area contributed by atoms with Crippen LogP contribution in [0.2, 0.25) is 0 Å². The zero-order valence-electron chi connectivity index (χ0n) is 15.5. The summed E-state index contributed by atoms with van der Waals surface area (Å²) in [6, 6.07) is 10.8. The quantitative estimate of drug-likeness (QED) is 0.662. The molecule has 6 nitrogen and oxygen atoms in total. The summed E-state index contributed by atoms with van der Waals surface area (Å²) in [5.74, 6) is -0.221. The molecule has 142 valence electrons. The van der Waals surface area contributed by atoms with Crippen molar-refractivity contribution in [3.05, 3.63) is 53.8 Å². The SMILES string of the molecule is Cc1ccc(-c2noc(-c3cccc(S(=O)(=O)N(C)C(C)C)c3)n2)c(F)c1. The van der Waals surface area contributed by atoms with Crippen molar-refractivity contribution in [1.82, 2.24) is 14.4 Å². The van der Waals surface area contributed by atoms with E-state index in [4.69, 9.17) is 4.52 Å². The van der Waals surface area contributed by atoms with Gasteiger partial charge in [0.25, 0.3) is 5.89 Å². The van der Waals surface area contributed by atoms with Gasteiger partial charge in [-0.15, -0.1) is 0 Å². The lowest BCUT2D eigenvalue weighted by atomic mass is 10.1. The lowest BCUT2D eigenvalue weighted by Gasteiger charge is -2.21. The zero-order chi connectivity index (χ0) is 19.8. The van der Waals surface area contributed by atoms with E-state index in [0.29, 0.717) is 5.56 Å². The van der Waals surface area contributed by atoms with E-state index in [1.165, 1.54) is 29.6 Å². The highest BCUT2D eigenvalue weighted by molar-refractivity contribution is 7.89. The predicted molar refractivity (Wildman–Crippen MR) is 99.9 cm³/mol. The summed E-state index contributed by atoms with van der Waals surface area (Å²) in [6.45, 7) is 5.37. The van der Waals surface area contributed by atoms with Crippen molar-refractivity contribution in [3.63, 3.8) is 0 Å². The third-order valence-electron chi connectivity index (χ3n) is 4.28. The van der Waals surface area contributed by atoms with Crippen LogP contribution in [0, 0.1) is 12.7 Å². The number of halogens is 1. The van der Waals surface area contributed by atoms with Crippen LogP contribution >= 0.6 is 0 Å². The molecule has 3 rings (SSSR count). The molecule has 0 saturated carbocycles. The monoisotopic (exact) mass is 389 g/mol. The van der Waals surface area contributed by atoms with Crippen molar-refractivity contribution >= 4 is 10.0 Å². The number of hydrogen-bond donors (Lipinski definition) is 0. The van der Waals surface area contributed by atoms with Crippen molar-refractivity contribution in [2.24, 2.45) is 0 Å². The van der Waals surface area contributed by atoms with E-state index in [1.54, 1.807) is 45.0 Å². The molecule has 8 heteroatoms. The van der Waals surface area contributed by atoms with Gasteiger partial charge in [0, 0.05) is 18.7 Å². The van der Waals surface area contributed by atoms with Crippen LogP contribution in [0.1, 0.15) is 19.4 Å². The van der Waals surface area contributed by atoms with Crippen LogP contribution in [0.15, 0.2) is 51.9 Å². The Bertz CT molecular complexity index is 1080. The fourth-order valence-electron chi connectivity index (χ4n) is 2.49. The van der Waals surface area contributed by atoms with Gasteiger partial charge in [-0.3, -0.25) is 0 Å². The van der Waals surface area contributed by atoms with Crippen LogP contribution in [-0.4, -0.2) is 36.0 Å². The van der Waals surface area contributed by atoms with Gasteiger partial charge < -0.3 is 4.52 Å². The van der Waals surface area contributed by atoms with Crippen molar-refractivity contribution < 1.29 is 17.3 Å². The minimum absolute atomic E-state index is 0.107. The van der Waals surface area contributed by atoms with Crippen molar-refractivity contribution in [2.75, 3.05) is 7.05 Å². The van der Waals surface area contributed by atoms with Crippen LogP contribution in [0.4, 0.5) is 4.39 Å². The van der Waals surface area contributed by atoms with Gasteiger partial charge in [0.2, 0.25) is 15.8 Å². The second kappa shape index (κ2) is 7.21. The molecule has 1 heterocycles. The number of hydrogen-bond acceptors (Lipinski definition) is 5. The first kappa shape index (κ1) is 19.2. The Hall–Kier alpha value is -2.58. The first-order valence-corrected chi connectivity index (χ1v) is 9.83. The Morgan fingerprint density at radius 3 is 2.56 bits per heavy atom. The average Bonchev–Trinajstić information content (AvgIpc) is 3.11. The normalized spacial score (nSPS) is 12.1. The smallest absolute Gasteiger partial charge is 0.258 e. The molecule has 0 bridgehead atoms. The molecule has 0 radical (unpaired) electrons. The number of rotatable bonds is 5. The summed E-state index contributed by atoms with van der Waals surface area (Å²) in [5.41, 5.74) is 1.45. The summed E-state index contributed by atoms with van der Waals surface area (Å²) in [7, 11) is -2.12. The lowest BCUT2D eigenvalue weighted by molar-refractivity contribution is 0.410. The molecule has 0 saturated heterocycles. The highest BCUT2D eigenvalue weighted by Crippen LogP contribution is 2.27. The maximum absolute atomic E-state index is 14.1. The first-order chi connectivity index (χ1) is 12.7. The summed E-state index contributed by atoms with van der Waals surface area (Å²) in [4.78, 5) is 4.34. The highest BCUT2D eigenvalue weighted by atomic mass is 32.2. The predicted octanol–water partition coefficient (Wildman–Crippen LogP) is 3.88. The molecule has 1 aromatic heterocycles. The minimum Gasteiger partial charge on any atom is -0.334 e. The van der Waals surface area contributed by atoms with Gasteiger partial charge in [-0.05, 0) is 56.7 Å². The molecule has 0 amide bonds. The molecule has 0 N–H and O–H groups in total. The summed E-state index contributed by atoms with van der Waals surface area (Å²) in [5, 5.41) is 3.82. The number of sulfonamides is 1. The third-order valence-corrected chi connectivity index (χ3v) is 6.31. The van der Waals surface area contributed by atoms with Gasteiger partial charge in [-0.25, -0.2) is 12.8 Å². The molecular formula is C19H20FN3O3S. The van der Waals surface area contributed by atoms with E-state index in [2.05, 4.69) is 10.1 Å². The largest absolute Gasteiger partial charge is 0.334 e. The van der Waals surface area contributed by atoms with E-state index in [0.717, 1.165) is 5.56 Å². The van der Waals surface area contributed by atoms with E-state index in [-0.39, 0.29) is 28.2 Å². The molecule has 0 fully saturated rings. The van der Waals surface area contributed by atoms with E-state index >= 15 is 0 Å². The molecular weight excluding hydrogens is 369 g/mol. The number of aryl methyl sites for hydroxylation is 1. The molecule has 0 atom stereocenters. The molecule has 0 aliphatic heterocycles. The highest BCUT2D eigenvalue weighted by Gasteiger charge is 2.24. The lowest BCUT2D eigenvalue weighted by Crippen LogP contribution is -2.33. The van der Waals surface area contributed by atoms with Crippen LogP contribution in [0.25, 0.3) is 22.8 Å². The Balaban J connectivity index is 1.98. The molecule has 0 unspecified atom stereocenters. The van der Waals surface area contributed by atoms with Crippen LogP contribution < -0.4 is 0 Å². The van der Waals surface area contributed by atoms with Gasteiger partial charge in [-0.1, -0.05) is 17.3 Å². The standard InChI is InChI=1S/C19H20FN3O3S/c1-12(2)23(4)27(24,25)15-7-5-6-14(11-15)19-21-18(22-26-19)16-9-8-13(3)10-17(16)20/h5-12H,1-4H3. The van der Waals surface area contributed by atoms with Gasteiger partial charge in [-0.2, -0.15) is 9.29 Å². The fraction of sp³-hybridized carbons (Fsp3) is 0.263. The maximum Gasteiger partial charge on any atom is 0.258 e. The number of benzene rings is 2. The first-order valence-electron chi connectivity index (χ1n) is 8.39. The zero-order valence-corrected chi connectivity index (χ0v) is 16.3. The second-order valence-corrected chi connectivity index (χ2v) is 8.55. The maximum atomic E-state index is 14.1. The van der Waals surface area contributed by atoms with Crippen LogP contribution in [-0.2, 0) is 10.0 Å². The van der Waals surface area contributed by atoms with Crippen LogP contribution in [0.3, 0.4) is 0 Å². The van der Waals surface area contributed by atoms with Crippen molar-refractivity contribution in [2.45, 2.75) is 31.7 Å². The summed E-state index contributed by atoms with van der Waals surface area (Å²) >= 11 is 0. The second-order valence-electron chi connectivity index (χ2n) is 6.55. The van der Waals surface area contributed by atoms with E-state index < -0.39 is 15.8 Å².